The lowest BCUT2D eigenvalue weighted by atomic mass is 9.98. The molecule has 3 heteroatoms. The SMILES string of the molecule is [2H]C([2H])([2H])OC(=O)C(c1ccc2cc(OC)ccc2c1)C([2H])([2H])[2H]. The van der Waals surface area contributed by atoms with Crippen LogP contribution in [-0.4, -0.2) is 20.1 Å². The van der Waals surface area contributed by atoms with Crippen molar-refractivity contribution >= 4 is 16.7 Å². The maximum atomic E-state index is 12.1. The lowest BCUT2D eigenvalue weighted by molar-refractivity contribution is -0.141. The number of fused-ring (bicyclic) bond motifs is 1. The van der Waals surface area contributed by atoms with Gasteiger partial charge in [-0.1, -0.05) is 24.3 Å². The van der Waals surface area contributed by atoms with Crippen LogP contribution < -0.4 is 4.74 Å². The highest BCUT2D eigenvalue weighted by Gasteiger charge is 2.15. The van der Waals surface area contributed by atoms with E-state index in [9.17, 15) is 4.79 Å². The van der Waals surface area contributed by atoms with Crippen LogP contribution in [0.5, 0.6) is 5.75 Å². The highest BCUT2D eigenvalue weighted by molar-refractivity contribution is 5.86. The Morgan fingerprint density at radius 1 is 1.22 bits per heavy atom. The summed E-state index contributed by atoms with van der Waals surface area (Å²) in [6, 6.07) is 9.85. The van der Waals surface area contributed by atoms with Crippen LogP contribution in [0.4, 0.5) is 0 Å². The van der Waals surface area contributed by atoms with Gasteiger partial charge in [0.15, 0.2) is 0 Å². The van der Waals surface area contributed by atoms with Gasteiger partial charge in [-0.15, -0.1) is 0 Å². The monoisotopic (exact) mass is 250 g/mol. The van der Waals surface area contributed by atoms with Gasteiger partial charge in [0.25, 0.3) is 0 Å². The van der Waals surface area contributed by atoms with E-state index in [1.807, 2.05) is 0 Å². The van der Waals surface area contributed by atoms with Crippen molar-refractivity contribution in [1.29, 1.82) is 0 Å². The van der Waals surface area contributed by atoms with Gasteiger partial charge in [0, 0.05) is 4.11 Å². The van der Waals surface area contributed by atoms with E-state index in [4.69, 9.17) is 13.0 Å². The van der Waals surface area contributed by atoms with E-state index in [0.29, 0.717) is 11.1 Å². The molecular formula is C15H16O3. The Balaban J connectivity index is 2.46. The molecule has 0 bridgehead atoms. The standard InChI is InChI=1S/C15H16O3/c1-10(15(16)18-3)11-4-5-13-9-14(17-2)7-6-12(13)8-11/h4-10H,1-3H3/i1D3,3D3. The summed E-state index contributed by atoms with van der Waals surface area (Å²) in [4.78, 5) is 12.1. The van der Waals surface area contributed by atoms with Crippen LogP contribution in [0.15, 0.2) is 36.4 Å². The van der Waals surface area contributed by atoms with Crippen molar-refractivity contribution in [2.24, 2.45) is 0 Å². The molecular weight excluding hydrogens is 228 g/mol. The fourth-order valence-electron chi connectivity index (χ4n) is 1.74. The van der Waals surface area contributed by atoms with Crippen LogP contribution in [0.3, 0.4) is 0 Å². The Kier molecular flexibility index (Phi) is 1.92. The lowest BCUT2D eigenvalue weighted by Crippen LogP contribution is -2.10. The van der Waals surface area contributed by atoms with Crippen LogP contribution in [0.1, 0.15) is 26.6 Å². The molecule has 0 aliphatic heterocycles. The van der Waals surface area contributed by atoms with Gasteiger partial charge in [0.05, 0.1) is 24.2 Å². The van der Waals surface area contributed by atoms with Gasteiger partial charge in [-0.05, 0) is 35.3 Å². The molecule has 94 valence electrons. The maximum absolute atomic E-state index is 12.1. The van der Waals surface area contributed by atoms with Gasteiger partial charge >= 0.3 is 5.97 Å². The second kappa shape index (κ2) is 5.08. The fourth-order valence-corrected chi connectivity index (χ4v) is 1.74. The van der Waals surface area contributed by atoms with Crippen LogP contribution in [0, 0.1) is 0 Å². The molecule has 3 nitrogen and oxygen atoms in total. The summed E-state index contributed by atoms with van der Waals surface area (Å²) in [7, 11) is -1.46. The van der Waals surface area contributed by atoms with Gasteiger partial charge in [-0.3, -0.25) is 4.79 Å². The van der Waals surface area contributed by atoms with Gasteiger partial charge in [-0.2, -0.15) is 0 Å². The summed E-state index contributed by atoms with van der Waals surface area (Å²) in [5.74, 6) is -2.34. The molecule has 2 aromatic carbocycles. The average molecular weight is 250 g/mol. The first kappa shape index (κ1) is 6.78. The first-order valence-electron chi connectivity index (χ1n) is 8.32. The van der Waals surface area contributed by atoms with Gasteiger partial charge < -0.3 is 9.47 Å². The molecule has 0 N–H and O–H groups in total. The minimum absolute atomic E-state index is 0.168. The summed E-state index contributed by atoms with van der Waals surface area (Å²) < 4.78 is 53.1. The number of rotatable bonds is 3. The number of benzene rings is 2. The van der Waals surface area contributed by atoms with Gasteiger partial charge in [0.1, 0.15) is 5.75 Å². The molecule has 0 saturated carbocycles. The normalized spacial score (nSPS) is 18.5. The highest BCUT2D eigenvalue weighted by atomic mass is 16.5. The van der Waals surface area contributed by atoms with Crippen molar-refractivity contribution in [1.82, 2.24) is 0 Å². The predicted molar refractivity (Wildman–Crippen MR) is 70.9 cm³/mol. The Hall–Kier alpha value is -2.03. The quantitative estimate of drug-likeness (QED) is 0.785. The van der Waals surface area contributed by atoms with Gasteiger partial charge in [-0.25, -0.2) is 0 Å². The molecule has 0 radical (unpaired) electrons. The molecule has 1 unspecified atom stereocenters. The molecule has 0 aliphatic rings. The Morgan fingerprint density at radius 3 is 2.72 bits per heavy atom. The van der Waals surface area contributed by atoms with Crippen molar-refractivity contribution < 1.29 is 22.5 Å². The molecule has 0 saturated heterocycles. The second-order valence-corrected chi connectivity index (χ2v) is 3.83. The molecule has 0 fully saturated rings. The van der Waals surface area contributed by atoms with Crippen molar-refractivity contribution in [2.75, 3.05) is 14.1 Å². The molecule has 0 aromatic heterocycles. The third kappa shape index (κ3) is 2.30. The maximum Gasteiger partial charge on any atom is 0.312 e. The summed E-state index contributed by atoms with van der Waals surface area (Å²) in [6.07, 6.45) is 0. The zero-order valence-electron chi connectivity index (χ0n) is 15.8. The van der Waals surface area contributed by atoms with Crippen LogP contribution in [0.25, 0.3) is 10.8 Å². The lowest BCUT2D eigenvalue weighted by Gasteiger charge is -2.10. The number of carbonyl (C=O) groups is 1. The topological polar surface area (TPSA) is 35.5 Å². The van der Waals surface area contributed by atoms with E-state index in [1.54, 1.807) is 24.3 Å². The Morgan fingerprint density at radius 2 is 2.00 bits per heavy atom. The van der Waals surface area contributed by atoms with Crippen LogP contribution >= 0.6 is 0 Å². The zero-order valence-corrected chi connectivity index (χ0v) is 9.77. The average Bonchev–Trinajstić information content (AvgIpc) is 2.43. The number of esters is 1. The van der Waals surface area contributed by atoms with E-state index in [2.05, 4.69) is 4.74 Å². The number of ether oxygens (including phenoxy) is 2. The molecule has 0 spiro atoms. The molecule has 18 heavy (non-hydrogen) atoms. The van der Waals surface area contributed by atoms with Crippen molar-refractivity contribution in [3.8, 4) is 5.75 Å². The van der Waals surface area contributed by atoms with Crippen molar-refractivity contribution in [2.45, 2.75) is 12.8 Å². The number of methoxy groups -OCH3 is 2. The number of hydrogen-bond acceptors (Lipinski definition) is 3. The first-order chi connectivity index (χ1) is 11.0. The summed E-state index contributed by atoms with van der Waals surface area (Å²) >= 11 is 0. The van der Waals surface area contributed by atoms with Crippen molar-refractivity contribution in [3.63, 3.8) is 0 Å². The second-order valence-electron chi connectivity index (χ2n) is 3.83. The summed E-state index contributed by atoms with van der Waals surface area (Å²) in [6.45, 7) is -2.73. The molecule has 0 heterocycles. The Bertz CT molecular complexity index is 751. The number of hydrogen-bond donors (Lipinski definition) is 0. The molecule has 1 atom stereocenters. The largest absolute Gasteiger partial charge is 0.497 e. The summed E-state index contributed by atoms with van der Waals surface area (Å²) in [5, 5.41) is 1.50. The highest BCUT2D eigenvalue weighted by Crippen LogP contribution is 2.25. The minimum Gasteiger partial charge on any atom is -0.497 e. The van der Waals surface area contributed by atoms with E-state index in [-0.39, 0.29) is 5.56 Å². The van der Waals surface area contributed by atoms with E-state index >= 15 is 0 Å². The summed E-state index contributed by atoms with van der Waals surface area (Å²) in [5.41, 5.74) is 0.168. The minimum atomic E-state index is -3.00. The third-order valence-electron chi connectivity index (χ3n) is 2.74. The molecule has 2 rings (SSSR count). The van der Waals surface area contributed by atoms with Crippen LogP contribution in [-0.2, 0) is 9.53 Å². The zero-order chi connectivity index (χ0) is 18.1. The molecule has 0 amide bonds. The first-order valence-corrected chi connectivity index (χ1v) is 5.32. The molecule has 2 aromatic rings. The third-order valence-corrected chi connectivity index (χ3v) is 2.74. The van der Waals surface area contributed by atoms with E-state index in [1.165, 1.54) is 19.2 Å². The van der Waals surface area contributed by atoms with E-state index < -0.39 is 25.8 Å². The number of carbonyl (C=O) groups excluding carboxylic acids is 1. The van der Waals surface area contributed by atoms with E-state index in [0.717, 1.165) is 5.39 Å². The van der Waals surface area contributed by atoms with Crippen molar-refractivity contribution in [3.05, 3.63) is 42.0 Å². The fraction of sp³-hybridized carbons (Fsp3) is 0.267. The smallest absolute Gasteiger partial charge is 0.312 e. The van der Waals surface area contributed by atoms with Gasteiger partial charge in [0.2, 0.25) is 0 Å². The molecule has 0 aliphatic carbocycles. The van der Waals surface area contributed by atoms with Crippen LogP contribution in [0.2, 0.25) is 0 Å². The Labute approximate surface area is 115 Å². The predicted octanol–water partition coefficient (Wildman–Crippen LogP) is 3.12.